The highest BCUT2D eigenvalue weighted by atomic mass is 32.1. The zero-order valence-electron chi connectivity index (χ0n) is 10.9. The highest BCUT2D eigenvalue weighted by Gasteiger charge is 2.26. The lowest BCUT2D eigenvalue weighted by Gasteiger charge is -2.31. The zero-order valence-corrected chi connectivity index (χ0v) is 11.7. The Bertz CT molecular complexity index is 426. The van der Waals surface area contributed by atoms with Crippen LogP contribution in [0.1, 0.15) is 38.7 Å². The van der Waals surface area contributed by atoms with Gasteiger partial charge in [-0.25, -0.2) is 4.98 Å². The number of rotatable bonds is 3. The summed E-state index contributed by atoms with van der Waals surface area (Å²) >= 11 is 5.02. The summed E-state index contributed by atoms with van der Waals surface area (Å²) in [7, 11) is 0. The third-order valence-electron chi connectivity index (χ3n) is 3.45. The molecule has 1 fully saturated rings. The van der Waals surface area contributed by atoms with Crippen molar-refractivity contribution in [2.24, 2.45) is 17.6 Å². The topological polar surface area (TPSA) is 48.1 Å². The maximum Gasteiger partial charge on any atom is 0.223 e. The minimum absolute atomic E-state index is 0.228. The smallest absolute Gasteiger partial charge is 0.223 e. The van der Waals surface area contributed by atoms with Crippen molar-refractivity contribution in [3.63, 3.8) is 0 Å². The Morgan fingerprint density at radius 2 is 2.00 bits per heavy atom. The van der Waals surface area contributed by atoms with Gasteiger partial charge in [0.15, 0.2) is 0 Å². The van der Waals surface area contributed by atoms with Crippen molar-refractivity contribution in [2.45, 2.75) is 39.2 Å². The van der Waals surface area contributed by atoms with Crippen LogP contribution in [0.25, 0.3) is 0 Å². The van der Waals surface area contributed by atoms with Gasteiger partial charge >= 0.3 is 0 Å². The molecule has 18 heavy (non-hydrogen) atoms. The molecule has 1 saturated carbocycles. The van der Waals surface area contributed by atoms with Crippen LogP contribution < -0.4 is 10.5 Å². The van der Waals surface area contributed by atoms with E-state index in [0.717, 1.165) is 18.4 Å². The Morgan fingerprint density at radius 1 is 1.33 bits per heavy atom. The maximum absolute atomic E-state index is 6.01. The second-order valence-corrected chi connectivity index (χ2v) is 5.82. The van der Waals surface area contributed by atoms with E-state index < -0.39 is 0 Å². The van der Waals surface area contributed by atoms with Gasteiger partial charge in [-0.05, 0) is 43.2 Å². The van der Waals surface area contributed by atoms with Gasteiger partial charge in [0.25, 0.3) is 0 Å². The van der Waals surface area contributed by atoms with E-state index in [2.05, 4.69) is 18.8 Å². The summed E-state index contributed by atoms with van der Waals surface area (Å²) < 4.78 is 6.01. The maximum atomic E-state index is 6.01. The first-order valence-electron chi connectivity index (χ1n) is 6.47. The summed E-state index contributed by atoms with van der Waals surface area (Å²) in [6.07, 6.45) is 5.39. The van der Waals surface area contributed by atoms with Crippen LogP contribution in [0.4, 0.5) is 0 Å². The predicted molar refractivity (Wildman–Crippen MR) is 76.7 cm³/mol. The molecule has 3 nitrogen and oxygen atoms in total. The van der Waals surface area contributed by atoms with Crippen molar-refractivity contribution in [1.82, 2.24) is 4.98 Å². The van der Waals surface area contributed by atoms with Crippen LogP contribution >= 0.6 is 12.2 Å². The first-order valence-corrected chi connectivity index (χ1v) is 6.88. The van der Waals surface area contributed by atoms with Gasteiger partial charge in [0.1, 0.15) is 11.1 Å². The molecule has 2 atom stereocenters. The summed E-state index contributed by atoms with van der Waals surface area (Å²) in [4.78, 5) is 4.60. The zero-order chi connectivity index (χ0) is 13.1. The van der Waals surface area contributed by atoms with Crippen molar-refractivity contribution in [3.8, 4) is 5.88 Å². The molecule has 0 aliphatic heterocycles. The van der Waals surface area contributed by atoms with E-state index in [9.17, 15) is 0 Å². The lowest BCUT2D eigenvalue weighted by atomic mass is 9.82. The monoisotopic (exact) mass is 264 g/mol. The molecule has 1 aliphatic rings. The van der Waals surface area contributed by atoms with Crippen LogP contribution in [0.5, 0.6) is 5.88 Å². The second kappa shape index (κ2) is 5.65. The fourth-order valence-corrected chi connectivity index (χ4v) is 2.95. The Kier molecular flexibility index (Phi) is 4.17. The average molecular weight is 264 g/mol. The van der Waals surface area contributed by atoms with Gasteiger partial charge in [-0.3, -0.25) is 0 Å². The fourth-order valence-electron chi connectivity index (χ4n) is 2.80. The Hall–Kier alpha value is -1.16. The standard InChI is InChI=1S/C14H20N2OS/c1-9-6-10(2)8-11(7-9)17-14-12(13(15)18)4-3-5-16-14/h3-5,9-11H,6-8H2,1-2H3,(H2,15,18). The first-order chi connectivity index (χ1) is 8.56. The van der Waals surface area contributed by atoms with Gasteiger partial charge in [-0.15, -0.1) is 0 Å². The summed E-state index contributed by atoms with van der Waals surface area (Å²) in [5.41, 5.74) is 6.42. The van der Waals surface area contributed by atoms with Crippen molar-refractivity contribution in [1.29, 1.82) is 0 Å². The number of nitrogens with two attached hydrogens (primary N) is 1. The average Bonchev–Trinajstić information content (AvgIpc) is 2.27. The molecule has 1 aromatic heterocycles. The number of thiocarbonyl (C=S) groups is 1. The molecule has 1 aliphatic carbocycles. The largest absolute Gasteiger partial charge is 0.474 e. The molecule has 2 N–H and O–H groups in total. The van der Waals surface area contributed by atoms with Crippen LogP contribution in [0, 0.1) is 11.8 Å². The number of nitrogens with zero attached hydrogens (tertiary/aromatic N) is 1. The number of pyridine rings is 1. The molecule has 1 heterocycles. The van der Waals surface area contributed by atoms with Crippen molar-refractivity contribution < 1.29 is 4.74 Å². The Labute approximate surface area is 114 Å². The molecule has 0 radical (unpaired) electrons. The molecule has 98 valence electrons. The van der Waals surface area contributed by atoms with Crippen LogP contribution in [0.3, 0.4) is 0 Å². The van der Waals surface area contributed by atoms with E-state index in [4.69, 9.17) is 22.7 Å². The summed E-state index contributed by atoms with van der Waals surface area (Å²) in [6.45, 7) is 4.55. The lowest BCUT2D eigenvalue weighted by Crippen LogP contribution is -2.29. The SMILES string of the molecule is CC1CC(C)CC(Oc2ncccc2C(N)=S)C1. The van der Waals surface area contributed by atoms with E-state index in [1.807, 2.05) is 12.1 Å². The molecule has 2 unspecified atom stereocenters. The molecule has 0 aromatic carbocycles. The molecule has 0 spiro atoms. The quantitative estimate of drug-likeness (QED) is 0.853. The van der Waals surface area contributed by atoms with Crippen LogP contribution in [-0.2, 0) is 0 Å². The van der Waals surface area contributed by atoms with Crippen LogP contribution in [-0.4, -0.2) is 16.1 Å². The van der Waals surface area contributed by atoms with Gasteiger partial charge in [0.05, 0.1) is 5.56 Å². The van der Waals surface area contributed by atoms with E-state index in [1.165, 1.54) is 6.42 Å². The molecule has 4 heteroatoms. The molecule has 0 bridgehead atoms. The lowest BCUT2D eigenvalue weighted by molar-refractivity contribution is 0.0965. The summed E-state index contributed by atoms with van der Waals surface area (Å²) in [5, 5.41) is 0. The minimum atomic E-state index is 0.228. The third kappa shape index (κ3) is 3.19. The van der Waals surface area contributed by atoms with Crippen molar-refractivity contribution in [2.75, 3.05) is 0 Å². The van der Waals surface area contributed by atoms with E-state index in [-0.39, 0.29) is 6.10 Å². The summed E-state index contributed by atoms with van der Waals surface area (Å²) in [6, 6.07) is 3.69. The van der Waals surface area contributed by atoms with Gasteiger partial charge in [-0.1, -0.05) is 26.1 Å². The first kappa shape index (κ1) is 13.3. The molecule has 0 saturated heterocycles. The van der Waals surface area contributed by atoms with Gasteiger partial charge in [0, 0.05) is 6.20 Å². The number of hydrogen-bond acceptors (Lipinski definition) is 3. The molecular weight excluding hydrogens is 244 g/mol. The van der Waals surface area contributed by atoms with E-state index in [0.29, 0.717) is 22.7 Å². The minimum Gasteiger partial charge on any atom is -0.474 e. The van der Waals surface area contributed by atoms with E-state index in [1.54, 1.807) is 6.20 Å². The normalized spacial score (nSPS) is 27.8. The summed E-state index contributed by atoms with van der Waals surface area (Å²) in [5.74, 6) is 1.99. The molecular formula is C14H20N2OS. The third-order valence-corrected chi connectivity index (χ3v) is 3.67. The van der Waals surface area contributed by atoms with Crippen molar-refractivity contribution >= 4 is 17.2 Å². The number of aromatic nitrogens is 1. The van der Waals surface area contributed by atoms with Crippen molar-refractivity contribution in [3.05, 3.63) is 23.9 Å². The molecule has 1 aromatic rings. The van der Waals surface area contributed by atoms with Gasteiger partial charge in [0.2, 0.25) is 5.88 Å². The highest BCUT2D eigenvalue weighted by Crippen LogP contribution is 2.31. The molecule has 0 amide bonds. The van der Waals surface area contributed by atoms with Crippen LogP contribution in [0.15, 0.2) is 18.3 Å². The highest BCUT2D eigenvalue weighted by molar-refractivity contribution is 7.80. The Balaban J connectivity index is 2.11. The fraction of sp³-hybridized carbons (Fsp3) is 0.571. The van der Waals surface area contributed by atoms with E-state index >= 15 is 0 Å². The molecule has 2 rings (SSSR count). The predicted octanol–water partition coefficient (Wildman–Crippen LogP) is 2.92. The Morgan fingerprint density at radius 3 is 2.61 bits per heavy atom. The van der Waals surface area contributed by atoms with Gasteiger partial charge < -0.3 is 10.5 Å². The second-order valence-electron chi connectivity index (χ2n) is 5.38. The number of hydrogen-bond donors (Lipinski definition) is 1. The number of ether oxygens (including phenoxy) is 1. The van der Waals surface area contributed by atoms with Crippen LogP contribution in [0.2, 0.25) is 0 Å². The van der Waals surface area contributed by atoms with Gasteiger partial charge in [-0.2, -0.15) is 0 Å².